The maximum absolute atomic E-state index is 4.94. The van der Waals surface area contributed by atoms with Gasteiger partial charge in [-0.2, -0.15) is 0 Å². The van der Waals surface area contributed by atoms with E-state index in [0.29, 0.717) is 46.3 Å². The van der Waals surface area contributed by atoms with Crippen molar-refractivity contribution in [2.75, 3.05) is 0 Å². The van der Waals surface area contributed by atoms with Gasteiger partial charge < -0.3 is 0 Å². The molecule has 11 rings (SSSR count). The fourth-order valence-corrected chi connectivity index (χ4v) is 10.2. The van der Waals surface area contributed by atoms with Crippen LogP contribution in [0.4, 0.5) is 0 Å². The highest BCUT2D eigenvalue weighted by atomic mass is 14.8. The van der Waals surface area contributed by atoms with Gasteiger partial charge >= 0.3 is 0 Å². The molecule has 5 aromatic rings. The van der Waals surface area contributed by atoms with E-state index in [1.54, 1.807) is 0 Å². The van der Waals surface area contributed by atoms with E-state index in [2.05, 4.69) is 111 Å². The van der Waals surface area contributed by atoms with Gasteiger partial charge in [0.1, 0.15) is 0 Å². The van der Waals surface area contributed by atoms with Crippen LogP contribution in [-0.2, 0) is 12.8 Å². The van der Waals surface area contributed by atoms with Crippen LogP contribution in [0.3, 0.4) is 0 Å². The maximum Gasteiger partial charge on any atom is 0.0889 e. The Kier molecular flexibility index (Phi) is 6.20. The number of benzene rings is 1. The highest BCUT2D eigenvalue weighted by Gasteiger charge is 2.58. The molecule has 4 aromatic heterocycles. The molecule has 0 N–H and O–H groups in total. The molecule has 2 saturated carbocycles. The Hall–Kier alpha value is -4.18. The molecule has 0 aliphatic heterocycles. The molecule has 6 atom stereocenters. The first kappa shape index (κ1) is 28.1. The number of hydrogen-bond donors (Lipinski definition) is 0. The standard InChI is InChI=1S/C42H42N4/c1-41(2)33-21-35(41)31-23-45-39(37-13-7-9-15-43-37)19-27(31)29(33)17-25-11-5-6-12-26(25)18-30-28-20-40(38-14-8-10-16-44-38)46-24-32(28)36-22-34(30)42(36,3)4/h5-16,19-20,23-24,29-30,33-36H,17-18,21-22H2,1-4H3/t29-,30-,33-,34-,35+,36+/m0/s1. The largest absolute Gasteiger partial charge is 0.255 e. The lowest BCUT2D eigenvalue weighted by molar-refractivity contribution is -0.00721. The van der Waals surface area contributed by atoms with E-state index in [9.17, 15) is 0 Å². The van der Waals surface area contributed by atoms with E-state index in [-0.39, 0.29) is 0 Å². The van der Waals surface area contributed by atoms with E-state index < -0.39 is 0 Å². The zero-order chi connectivity index (χ0) is 31.2. The van der Waals surface area contributed by atoms with Gasteiger partial charge in [0.25, 0.3) is 0 Å². The third-order valence-electron chi connectivity index (χ3n) is 13.0. The van der Waals surface area contributed by atoms with Crippen molar-refractivity contribution < 1.29 is 0 Å². The van der Waals surface area contributed by atoms with Crippen LogP contribution >= 0.6 is 0 Å². The number of aromatic nitrogens is 4. The summed E-state index contributed by atoms with van der Waals surface area (Å²) in [4.78, 5) is 19.2. The summed E-state index contributed by atoms with van der Waals surface area (Å²) in [5.41, 5.74) is 13.5. The van der Waals surface area contributed by atoms with Gasteiger partial charge in [-0.3, -0.25) is 19.9 Å². The van der Waals surface area contributed by atoms with Crippen molar-refractivity contribution >= 4 is 0 Å². The normalized spacial score (nSPS) is 27.5. The first-order chi connectivity index (χ1) is 22.3. The molecule has 0 unspecified atom stereocenters. The smallest absolute Gasteiger partial charge is 0.0889 e. The van der Waals surface area contributed by atoms with Crippen molar-refractivity contribution in [1.82, 2.24) is 19.9 Å². The van der Waals surface area contributed by atoms with Crippen LogP contribution in [0.2, 0.25) is 0 Å². The predicted molar refractivity (Wildman–Crippen MR) is 184 cm³/mol. The van der Waals surface area contributed by atoms with Gasteiger partial charge in [0.05, 0.1) is 22.8 Å². The van der Waals surface area contributed by atoms with Crippen LogP contribution in [0.5, 0.6) is 0 Å². The van der Waals surface area contributed by atoms with Crippen molar-refractivity contribution in [2.45, 2.75) is 77.0 Å². The van der Waals surface area contributed by atoms with Crippen molar-refractivity contribution in [1.29, 1.82) is 0 Å². The molecule has 46 heavy (non-hydrogen) atoms. The van der Waals surface area contributed by atoms with Crippen LogP contribution in [0, 0.1) is 22.7 Å². The van der Waals surface area contributed by atoms with E-state index in [0.717, 1.165) is 35.6 Å². The SMILES string of the molecule is CC1(C)[C@@H]2C[C@H]1[C@@H](Cc1ccccc1C[C@H]1c3cc(-c4ccccn4)ncc3[C@H]3C[C@@H]1C3(C)C)c1cc(-c3ccccn3)ncc12. The van der Waals surface area contributed by atoms with Crippen molar-refractivity contribution in [2.24, 2.45) is 22.7 Å². The zero-order valence-electron chi connectivity index (χ0n) is 27.3. The van der Waals surface area contributed by atoms with Crippen LogP contribution in [0.25, 0.3) is 22.8 Å². The summed E-state index contributed by atoms with van der Waals surface area (Å²) < 4.78 is 0. The lowest BCUT2D eigenvalue weighted by atomic mass is 9.43. The summed E-state index contributed by atoms with van der Waals surface area (Å²) in [7, 11) is 0. The van der Waals surface area contributed by atoms with Crippen LogP contribution in [0.15, 0.2) is 97.6 Å². The minimum absolute atomic E-state index is 0.295. The molecule has 230 valence electrons. The minimum atomic E-state index is 0.295. The van der Waals surface area contributed by atoms with Gasteiger partial charge in [0, 0.05) is 24.8 Å². The average Bonchev–Trinajstić information content (AvgIpc) is 3.09. The molecular formula is C42H42N4. The van der Waals surface area contributed by atoms with Crippen LogP contribution < -0.4 is 0 Å². The lowest BCUT2D eigenvalue weighted by Crippen LogP contribution is -2.51. The van der Waals surface area contributed by atoms with Gasteiger partial charge in [0.15, 0.2) is 0 Å². The summed E-state index contributed by atoms with van der Waals surface area (Å²) in [5.74, 6) is 3.49. The molecule has 0 saturated heterocycles. The van der Waals surface area contributed by atoms with E-state index in [1.165, 1.54) is 46.2 Å². The topological polar surface area (TPSA) is 51.6 Å². The van der Waals surface area contributed by atoms with Gasteiger partial charge in [-0.1, -0.05) is 64.1 Å². The first-order valence-corrected chi connectivity index (χ1v) is 17.2. The molecule has 1 aromatic carbocycles. The molecule has 4 heterocycles. The predicted octanol–water partition coefficient (Wildman–Crippen LogP) is 9.54. The van der Waals surface area contributed by atoms with Crippen molar-refractivity contribution in [3.8, 4) is 22.8 Å². The summed E-state index contributed by atoms with van der Waals surface area (Å²) >= 11 is 0. The molecule has 0 radical (unpaired) electrons. The fraction of sp³-hybridized carbons (Fsp3) is 0.381. The minimum Gasteiger partial charge on any atom is -0.255 e. The monoisotopic (exact) mass is 602 g/mol. The highest BCUT2D eigenvalue weighted by molar-refractivity contribution is 5.59. The second-order valence-corrected chi connectivity index (χ2v) is 15.6. The Morgan fingerprint density at radius 1 is 0.522 bits per heavy atom. The average molecular weight is 603 g/mol. The van der Waals surface area contributed by atoms with E-state index in [1.807, 2.05) is 24.5 Å². The number of pyridine rings is 4. The summed E-state index contributed by atoms with van der Waals surface area (Å²) in [6, 6.07) is 26.3. The number of rotatable bonds is 6. The van der Waals surface area contributed by atoms with Crippen LogP contribution in [0.1, 0.15) is 97.6 Å². The van der Waals surface area contributed by atoms with Gasteiger partial charge in [-0.05, 0) is 142 Å². The van der Waals surface area contributed by atoms with E-state index >= 15 is 0 Å². The molecule has 4 bridgehead atoms. The van der Waals surface area contributed by atoms with Crippen LogP contribution in [-0.4, -0.2) is 19.9 Å². The maximum atomic E-state index is 4.94. The molecule has 6 aliphatic rings. The Balaban J connectivity index is 1.09. The van der Waals surface area contributed by atoms with Crippen molar-refractivity contribution in [3.05, 3.63) is 131 Å². The molecule has 0 spiro atoms. The molecule has 2 fully saturated rings. The van der Waals surface area contributed by atoms with E-state index in [4.69, 9.17) is 9.97 Å². The second kappa shape index (κ2) is 10.2. The highest BCUT2D eigenvalue weighted by Crippen LogP contribution is 2.68. The Morgan fingerprint density at radius 3 is 1.35 bits per heavy atom. The third kappa shape index (κ3) is 4.11. The zero-order valence-corrected chi connectivity index (χ0v) is 27.3. The fourth-order valence-electron chi connectivity index (χ4n) is 10.2. The summed E-state index contributed by atoms with van der Waals surface area (Å²) in [6.45, 7) is 9.95. The Labute approximate surface area is 272 Å². The first-order valence-electron chi connectivity index (χ1n) is 17.2. The summed E-state index contributed by atoms with van der Waals surface area (Å²) in [5, 5.41) is 0. The lowest BCUT2D eigenvalue weighted by Gasteiger charge is -2.61. The molecule has 4 nitrogen and oxygen atoms in total. The van der Waals surface area contributed by atoms with Crippen molar-refractivity contribution in [3.63, 3.8) is 0 Å². The van der Waals surface area contributed by atoms with Gasteiger partial charge in [-0.15, -0.1) is 0 Å². The molecule has 0 amide bonds. The Bertz CT molecular complexity index is 1800. The number of hydrogen-bond acceptors (Lipinski definition) is 4. The molecular weight excluding hydrogens is 560 g/mol. The molecule has 6 aliphatic carbocycles. The molecule has 4 heteroatoms. The second-order valence-electron chi connectivity index (χ2n) is 15.6. The number of nitrogens with zero attached hydrogens (tertiary/aromatic N) is 4. The quantitative estimate of drug-likeness (QED) is 0.194. The Morgan fingerprint density at radius 2 is 0.957 bits per heavy atom. The van der Waals surface area contributed by atoms with Gasteiger partial charge in [-0.25, -0.2) is 0 Å². The summed E-state index contributed by atoms with van der Waals surface area (Å²) in [6.07, 6.45) is 12.8. The van der Waals surface area contributed by atoms with Gasteiger partial charge in [0.2, 0.25) is 0 Å². The third-order valence-corrected chi connectivity index (χ3v) is 13.0.